The summed E-state index contributed by atoms with van der Waals surface area (Å²) in [4.78, 5) is 15.6. The predicted molar refractivity (Wildman–Crippen MR) is 194 cm³/mol. The quantitative estimate of drug-likeness (QED) is 0.188. The van der Waals surface area contributed by atoms with Crippen molar-refractivity contribution in [1.29, 1.82) is 0 Å². The Morgan fingerprint density at radius 2 is 0.787 bits per heavy atom. The molecule has 7 aromatic carbocycles. The monoisotopic (exact) mass is 601 g/mol. The number of hydrogen-bond acceptors (Lipinski definition) is 3. The summed E-state index contributed by atoms with van der Waals surface area (Å²) in [5, 5.41) is 4.69. The number of aromatic nitrogens is 3. The molecule has 8 aromatic rings. The van der Waals surface area contributed by atoms with E-state index in [2.05, 4.69) is 129 Å². The molecule has 0 aliphatic heterocycles. The Balaban J connectivity index is 1.46. The van der Waals surface area contributed by atoms with Gasteiger partial charge in [-0.05, 0) is 49.4 Å². The molecule has 0 saturated heterocycles. The molecule has 3 nitrogen and oxygen atoms in total. The number of benzene rings is 7. The summed E-state index contributed by atoms with van der Waals surface area (Å²) in [6.45, 7) is 4.68. The predicted octanol–water partition coefficient (Wildman–Crippen LogP) is 11.2. The van der Waals surface area contributed by atoms with Gasteiger partial charge in [0.25, 0.3) is 0 Å². The van der Waals surface area contributed by atoms with Crippen LogP contribution in [0, 0.1) is 0 Å². The standard InChI is InChI=1S/C44H31N3/c1-44(2)36-26-14-13-24-34(36)38-35(25-15-27-37(38)44)39-32-22-11-9-20-30(32)31-21-10-12-23-33(31)40(39)43-46-41(28-16-5-3-6-17-28)45-42(47-43)29-18-7-4-8-19-29/h3-27H,1-2H3. The highest BCUT2D eigenvalue weighted by Gasteiger charge is 2.37. The van der Waals surface area contributed by atoms with Crippen LogP contribution in [0.5, 0.6) is 0 Å². The van der Waals surface area contributed by atoms with Gasteiger partial charge in [-0.25, -0.2) is 15.0 Å². The maximum atomic E-state index is 5.29. The fourth-order valence-corrected chi connectivity index (χ4v) is 7.54. The second-order valence-corrected chi connectivity index (χ2v) is 12.8. The Morgan fingerprint density at radius 1 is 0.340 bits per heavy atom. The Bertz CT molecular complexity index is 2420. The molecule has 1 heterocycles. The van der Waals surface area contributed by atoms with Crippen LogP contribution in [-0.2, 0) is 5.41 Å². The molecule has 0 bridgehead atoms. The maximum Gasteiger partial charge on any atom is 0.165 e. The first-order valence-corrected chi connectivity index (χ1v) is 16.1. The Labute approximate surface area is 274 Å². The van der Waals surface area contributed by atoms with E-state index in [-0.39, 0.29) is 5.41 Å². The molecule has 9 rings (SSSR count). The average Bonchev–Trinajstić information content (AvgIpc) is 3.38. The summed E-state index contributed by atoms with van der Waals surface area (Å²) in [7, 11) is 0. The van der Waals surface area contributed by atoms with E-state index in [9.17, 15) is 0 Å². The van der Waals surface area contributed by atoms with Crippen LogP contribution in [0.2, 0.25) is 0 Å². The summed E-state index contributed by atoms with van der Waals surface area (Å²) in [6, 6.07) is 53.6. The van der Waals surface area contributed by atoms with Crippen LogP contribution in [0.1, 0.15) is 25.0 Å². The molecule has 0 unspecified atom stereocenters. The van der Waals surface area contributed by atoms with Gasteiger partial charge >= 0.3 is 0 Å². The highest BCUT2D eigenvalue weighted by atomic mass is 15.0. The van der Waals surface area contributed by atoms with Gasteiger partial charge in [-0.15, -0.1) is 0 Å². The van der Waals surface area contributed by atoms with E-state index in [1.807, 2.05) is 36.4 Å². The van der Waals surface area contributed by atoms with E-state index >= 15 is 0 Å². The van der Waals surface area contributed by atoms with Crippen molar-refractivity contribution >= 4 is 21.5 Å². The van der Waals surface area contributed by atoms with Gasteiger partial charge in [-0.3, -0.25) is 0 Å². The summed E-state index contributed by atoms with van der Waals surface area (Å²) in [5.74, 6) is 1.97. The van der Waals surface area contributed by atoms with Crippen LogP contribution in [0.15, 0.2) is 152 Å². The van der Waals surface area contributed by atoms with Crippen LogP contribution in [0.4, 0.5) is 0 Å². The molecule has 0 spiro atoms. The first-order chi connectivity index (χ1) is 23.1. The van der Waals surface area contributed by atoms with E-state index in [4.69, 9.17) is 15.0 Å². The topological polar surface area (TPSA) is 38.7 Å². The zero-order chi connectivity index (χ0) is 31.5. The first-order valence-electron chi connectivity index (χ1n) is 16.1. The smallest absolute Gasteiger partial charge is 0.165 e. The van der Waals surface area contributed by atoms with Crippen molar-refractivity contribution in [2.45, 2.75) is 19.3 Å². The lowest BCUT2D eigenvalue weighted by molar-refractivity contribution is 0.660. The van der Waals surface area contributed by atoms with Gasteiger partial charge < -0.3 is 0 Å². The number of rotatable bonds is 4. The van der Waals surface area contributed by atoms with Crippen LogP contribution in [-0.4, -0.2) is 15.0 Å². The minimum atomic E-state index is -0.122. The van der Waals surface area contributed by atoms with E-state index in [0.717, 1.165) is 27.6 Å². The number of fused-ring (bicyclic) bond motifs is 6. The lowest BCUT2D eigenvalue weighted by Crippen LogP contribution is -2.14. The molecule has 3 heteroatoms. The lowest BCUT2D eigenvalue weighted by Gasteiger charge is -2.23. The summed E-state index contributed by atoms with van der Waals surface area (Å²) >= 11 is 0. The molecule has 1 aliphatic rings. The van der Waals surface area contributed by atoms with Gasteiger partial charge in [0.2, 0.25) is 0 Å². The molecule has 1 aliphatic carbocycles. The van der Waals surface area contributed by atoms with Crippen molar-refractivity contribution < 1.29 is 0 Å². The third kappa shape index (κ3) is 4.24. The average molecular weight is 602 g/mol. The van der Waals surface area contributed by atoms with Crippen molar-refractivity contribution in [3.63, 3.8) is 0 Å². The van der Waals surface area contributed by atoms with Crippen molar-refractivity contribution in [2.75, 3.05) is 0 Å². The van der Waals surface area contributed by atoms with E-state index in [0.29, 0.717) is 17.5 Å². The Kier molecular flexibility index (Phi) is 6.16. The molecule has 0 N–H and O–H groups in total. The number of hydrogen-bond donors (Lipinski definition) is 0. The van der Waals surface area contributed by atoms with E-state index in [1.54, 1.807) is 0 Å². The summed E-state index contributed by atoms with van der Waals surface area (Å²) in [6.07, 6.45) is 0. The van der Waals surface area contributed by atoms with Crippen LogP contribution < -0.4 is 0 Å². The third-order valence-electron chi connectivity index (χ3n) is 9.73. The van der Waals surface area contributed by atoms with Gasteiger partial charge in [0.1, 0.15) is 0 Å². The van der Waals surface area contributed by atoms with Crippen molar-refractivity contribution in [3.05, 3.63) is 163 Å². The van der Waals surface area contributed by atoms with E-state index in [1.165, 1.54) is 44.0 Å². The maximum absolute atomic E-state index is 5.29. The van der Waals surface area contributed by atoms with Gasteiger partial charge in [0, 0.05) is 27.7 Å². The van der Waals surface area contributed by atoms with Crippen LogP contribution in [0.25, 0.3) is 78.0 Å². The molecule has 47 heavy (non-hydrogen) atoms. The van der Waals surface area contributed by atoms with Crippen molar-refractivity contribution in [1.82, 2.24) is 15.0 Å². The molecule has 0 fully saturated rings. The molecular formula is C44H31N3. The molecule has 0 radical (unpaired) electrons. The second kappa shape index (κ2) is 10.6. The van der Waals surface area contributed by atoms with Gasteiger partial charge in [-0.1, -0.05) is 166 Å². The zero-order valence-corrected chi connectivity index (χ0v) is 26.3. The number of nitrogens with zero attached hydrogens (tertiary/aromatic N) is 3. The van der Waals surface area contributed by atoms with Crippen LogP contribution >= 0.6 is 0 Å². The highest BCUT2D eigenvalue weighted by molar-refractivity contribution is 6.22. The normalized spacial score (nSPS) is 13.1. The zero-order valence-electron chi connectivity index (χ0n) is 26.3. The Hall–Kier alpha value is -5.93. The van der Waals surface area contributed by atoms with Gasteiger partial charge in [0.05, 0.1) is 0 Å². The summed E-state index contributed by atoms with van der Waals surface area (Å²) in [5.41, 5.74) is 10.4. The van der Waals surface area contributed by atoms with Gasteiger partial charge in [0.15, 0.2) is 17.5 Å². The fraction of sp³-hybridized carbons (Fsp3) is 0.0682. The SMILES string of the molecule is CC1(C)c2ccccc2-c2c(-c3c(-c4nc(-c5ccccc5)nc(-c5ccccc5)n4)c4ccccc4c4ccccc34)cccc21. The van der Waals surface area contributed by atoms with Crippen molar-refractivity contribution in [3.8, 4) is 56.4 Å². The largest absolute Gasteiger partial charge is 0.208 e. The molecule has 222 valence electrons. The Morgan fingerprint density at radius 3 is 1.40 bits per heavy atom. The summed E-state index contributed by atoms with van der Waals surface area (Å²) < 4.78 is 0. The minimum Gasteiger partial charge on any atom is -0.208 e. The first kappa shape index (κ1) is 27.4. The molecular weight excluding hydrogens is 571 g/mol. The van der Waals surface area contributed by atoms with E-state index < -0.39 is 0 Å². The third-order valence-corrected chi connectivity index (χ3v) is 9.73. The molecule has 0 amide bonds. The van der Waals surface area contributed by atoms with Crippen LogP contribution in [0.3, 0.4) is 0 Å². The lowest BCUT2D eigenvalue weighted by atomic mass is 9.81. The molecule has 0 atom stereocenters. The van der Waals surface area contributed by atoms with Gasteiger partial charge in [-0.2, -0.15) is 0 Å². The van der Waals surface area contributed by atoms with Crippen molar-refractivity contribution in [2.24, 2.45) is 0 Å². The molecule has 1 aromatic heterocycles. The fourth-order valence-electron chi connectivity index (χ4n) is 7.54. The second-order valence-electron chi connectivity index (χ2n) is 12.8. The highest BCUT2D eigenvalue weighted by Crippen LogP contribution is 2.54. The minimum absolute atomic E-state index is 0.122. The molecule has 0 saturated carbocycles.